The van der Waals surface area contributed by atoms with Crippen LogP contribution in [-0.2, 0) is 4.74 Å². The Kier molecular flexibility index (Phi) is 6.98. The molecule has 1 saturated heterocycles. The molecule has 0 aromatic carbocycles. The van der Waals surface area contributed by atoms with Crippen LogP contribution in [0.3, 0.4) is 0 Å². The number of hydrogen-bond acceptors (Lipinski definition) is 5. The van der Waals surface area contributed by atoms with Crippen LogP contribution < -0.4 is 16.2 Å². The summed E-state index contributed by atoms with van der Waals surface area (Å²) in [7, 11) is 0. The van der Waals surface area contributed by atoms with Gasteiger partial charge in [0.15, 0.2) is 0 Å². The fourth-order valence-corrected chi connectivity index (χ4v) is 2.16. The smallest absolute Gasteiger partial charge is 0.407 e. The number of hydrazine groups is 1. The summed E-state index contributed by atoms with van der Waals surface area (Å²) in [4.78, 5) is 13.7. The van der Waals surface area contributed by atoms with E-state index in [-0.39, 0.29) is 6.09 Å². The predicted molar refractivity (Wildman–Crippen MR) is 84.8 cm³/mol. The third kappa shape index (κ3) is 7.92. The molecule has 1 rings (SSSR count). The zero-order chi connectivity index (χ0) is 15.9. The molecular weight excluding hydrogens is 268 g/mol. The molecule has 0 aliphatic carbocycles. The van der Waals surface area contributed by atoms with Crippen LogP contribution in [0.1, 0.15) is 40.5 Å². The van der Waals surface area contributed by atoms with Crippen LogP contribution in [0.5, 0.6) is 0 Å². The van der Waals surface area contributed by atoms with Gasteiger partial charge < -0.3 is 15.0 Å². The Morgan fingerprint density at radius 1 is 1.29 bits per heavy atom. The van der Waals surface area contributed by atoms with Crippen LogP contribution in [0, 0.1) is 0 Å². The van der Waals surface area contributed by atoms with Gasteiger partial charge in [0, 0.05) is 37.9 Å². The lowest BCUT2D eigenvalue weighted by molar-refractivity contribution is 0.0527. The maximum absolute atomic E-state index is 11.4. The highest BCUT2D eigenvalue weighted by atomic mass is 16.6. The second-order valence-electron chi connectivity index (χ2n) is 6.50. The number of piperidine rings is 1. The molecule has 0 unspecified atom stereocenters. The van der Waals surface area contributed by atoms with Crippen LogP contribution in [0.4, 0.5) is 4.79 Å². The fourth-order valence-electron chi connectivity index (χ4n) is 2.16. The number of rotatable bonds is 6. The molecule has 0 aromatic rings. The zero-order valence-electron chi connectivity index (χ0n) is 13.8. The van der Waals surface area contributed by atoms with Gasteiger partial charge in [-0.05, 0) is 40.5 Å². The Labute approximate surface area is 128 Å². The van der Waals surface area contributed by atoms with Crippen molar-refractivity contribution in [3.05, 3.63) is 12.3 Å². The minimum atomic E-state index is -0.451. The van der Waals surface area contributed by atoms with Crippen molar-refractivity contribution in [1.82, 2.24) is 21.1 Å². The first kappa shape index (κ1) is 17.8. The Hall–Kier alpha value is -1.27. The van der Waals surface area contributed by atoms with E-state index in [1.807, 2.05) is 27.7 Å². The summed E-state index contributed by atoms with van der Waals surface area (Å²) in [5, 5.41) is 2.72. The number of alkyl carbamates (subject to hydrolysis) is 1. The van der Waals surface area contributed by atoms with E-state index in [4.69, 9.17) is 4.74 Å². The summed E-state index contributed by atoms with van der Waals surface area (Å²) in [6.45, 7) is 14.9. The molecule has 1 amide bonds. The molecule has 1 aliphatic heterocycles. The second-order valence-corrected chi connectivity index (χ2v) is 6.50. The lowest BCUT2D eigenvalue weighted by atomic mass is 10.1. The highest BCUT2D eigenvalue weighted by Crippen LogP contribution is 2.13. The number of ether oxygens (including phenoxy) is 1. The first-order valence-electron chi connectivity index (χ1n) is 7.63. The van der Waals surface area contributed by atoms with Crippen molar-refractivity contribution in [2.24, 2.45) is 0 Å². The van der Waals surface area contributed by atoms with E-state index < -0.39 is 5.60 Å². The van der Waals surface area contributed by atoms with Gasteiger partial charge in [-0.1, -0.05) is 6.58 Å². The Bertz CT molecular complexity index is 344. The molecule has 0 aromatic heterocycles. The lowest BCUT2D eigenvalue weighted by Gasteiger charge is -2.34. The first-order valence-corrected chi connectivity index (χ1v) is 7.63. The van der Waals surface area contributed by atoms with Gasteiger partial charge in [-0.15, -0.1) is 0 Å². The molecule has 0 spiro atoms. The summed E-state index contributed by atoms with van der Waals surface area (Å²) in [6.07, 6.45) is 1.82. The Morgan fingerprint density at radius 2 is 1.90 bits per heavy atom. The quantitative estimate of drug-likeness (QED) is 0.513. The lowest BCUT2D eigenvalue weighted by Crippen LogP contribution is -2.49. The maximum Gasteiger partial charge on any atom is 0.407 e. The van der Waals surface area contributed by atoms with Crippen molar-refractivity contribution >= 4 is 6.09 Å². The number of nitrogens with zero attached hydrogens (tertiary/aromatic N) is 1. The van der Waals surface area contributed by atoms with Crippen LogP contribution in [0.25, 0.3) is 0 Å². The number of nitrogens with one attached hydrogen (secondary N) is 3. The van der Waals surface area contributed by atoms with Crippen molar-refractivity contribution < 1.29 is 9.53 Å². The van der Waals surface area contributed by atoms with Gasteiger partial charge in [0.25, 0.3) is 0 Å². The molecule has 122 valence electrons. The second kappa shape index (κ2) is 8.24. The molecule has 0 saturated carbocycles. The number of carbonyl (C=O) groups is 1. The third-order valence-corrected chi connectivity index (χ3v) is 3.26. The highest BCUT2D eigenvalue weighted by molar-refractivity contribution is 5.67. The van der Waals surface area contributed by atoms with Crippen molar-refractivity contribution in [2.45, 2.75) is 52.2 Å². The van der Waals surface area contributed by atoms with E-state index in [9.17, 15) is 4.79 Å². The SMILES string of the molecule is C=C(C)N1CCC(NNCCNC(=O)OC(C)(C)C)CC1. The predicted octanol–water partition coefficient (Wildman–Crippen LogP) is 1.60. The summed E-state index contributed by atoms with van der Waals surface area (Å²) in [5.74, 6) is 0. The topological polar surface area (TPSA) is 65.6 Å². The Balaban J connectivity index is 2.03. The number of allylic oxidation sites excluding steroid dienone is 1. The monoisotopic (exact) mass is 298 g/mol. The zero-order valence-corrected chi connectivity index (χ0v) is 13.8. The molecule has 3 N–H and O–H groups in total. The van der Waals surface area contributed by atoms with Crippen molar-refractivity contribution in [3.63, 3.8) is 0 Å². The van der Waals surface area contributed by atoms with Gasteiger partial charge in [0.2, 0.25) is 0 Å². The van der Waals surface area contributed by atoms with E-state index in [1.165, 1.54) is 0 Å². The van der Waals surface area contributed by atoms with Gasteiger partial charge in [0.1, 0.15) is 5.60 Å². The molecule has 0 bridgehead atoms. The number of likely N-dealkylation sites (tertiary alicyclic amines) is 1. The van der Waals surface area contributed by atoms with Gasteiger partial charge >= 0.3 is 6.09 Å². The van der Waals surface area contributed by atoms with E-state index in [0.29, 0.717) is 19.1 Å². The third-order valence-electron chi connectivity index (χ3n) is 3.26. The largest absolute Gasteiger partial charge is 0.444 e. The van der Waals surface area contributed by atoms with Gasteiger partial charge in [-0.25, -0.2) is 4.79 Å². The maximum atomic E-state index is 11.4. The molecule has 1 aliphatic rings. The Morgan fingerprint density at radius 3 is 2.43 bits per heavy atom. The molecular formula is C15H30N4O2. The van der Waals surface area contributed by atoms with Crippen molar-refractivity contribution in [1.29, 1.82) is 0 Å². The van der Waals surface area contributed by atoms with E-state index >= 15 is 0 Å². The number of hydrogen-bond donors (Lipinski definition) is 3. The molecule has 21 heavy (non-hydrogen) atoms. The summed E-state index contributed by atoms with van der Waals surface area (Å²) in [5.41, 5.74) is 7.15. The minimum absolute atomic E-state index is 0.376. The fraction of sp³-hybridized carbons (Fsp3) is 0.800. The normalized spacial score (nSPS) is 16.7. The van der Waals surface area contributed by atoms with Gasteiger partial charge in [-0.3, -0.25) is 10.9 Å². The van der Waals surface area contributed by atoms with Crippen LogP contribution in [0.15, 0.2) is 12.3 Å². The average molecular weight is 298 g/mol. The number of amides is 1. The van der Waals surface area contributed by atoms with Crippen LogP contribution in [-0.4, -0.2) is 48.8 Å². The van der Waals surface area contributed by atoms with Crippen molar-refractivity contribution in [2.75, 3.05) is 26.2 Å². The molecule has 6 heteroatoms. The van der Waals surface area contributed by atoms with E-state index in [0.717, 1.165) is 31.6 Å². The number of carbonyl (C=O) groups excluding carboxylic acids is 1. The molecule has 1 heterocycles. The molecule has 6 nitrogen and oxygen atoms in total. The summed E-state index contributed by atoms with van der Waals surface area (Å²) in [6, 6.07) is 0.474. The van der Waals surface area contributed by atoms with Crippen LogP contribution in [0.2, 0.25) is 0 Å². The van der Waals surface area contributed by atoms with Gasteiger partial charge in [-0.2, -0.15) is 0 Å². The average Bonchev–Trinajstić information content (AvgIpc) is 2.36. The minimum Gasteiger partial charge on any atom is -0.444 e. The van der Waals surface area contributed by atoms with Crippen molar-refractivity contribution in [3.8, 4) is 0 Å². The molecule has 0 atom stereocenters. The van der Waals surface area contributed by atoms with E-state index in [2.05, 4.69) is 27.6 Å². The summed E-state index contributed by atoms with van der Waals surface area (Å²) >= 11 is 0. The van der Waals surface area contributed by atoms with Gasteiger partial charge in [0.05, 0.1) is 0 Å². The molecule has 0 radical (unpaired) electrons. The van der Waals surface area contributed by atoms with Crippen LogP contribution >= 0.6 is 0 Å². The highest BCUT2D eigenvalue weighted by Gasteiger charge is 2.18. The summed E-state index contributed by atoms with van der Waals surface area (Å²) < 4.78 is 5.16. The standard InChI is InChI=1S/C15H30N4O2/c1-12(2)19-10-6-13(7-11-19)18-17-9-8-16-14(20)21-15(3,4)5/h13,17-18H,1,6-11H2,2-5H3,(H,16,20). The molecule has 1 fully saturated rings. The van der Waals surface area contributed by atoms with E-state index in [1.54, 1.807) is 0 Å². The first-order chi connectivity index (χ1) is 9.78.